The molecule has 0 saturated carbocycles. The highest BCUT2D eigenvalue weighted by Gasteiger charge is 2.32. The number of aliphatic carboxylic acids is 1. The van der Waals surface area contributed by atoms with Crippen LogP contribution < -0.4 is 0 Å². The monoisotopic (exact) mass is 461 g/mol. The fraction of sp³-hybridized carbons (Fsp3) is 0.480. The van der Waals surface area contributed by atoms with Gasteiger partial charge in [0.1, 0.15) is 10.9 Å². The molecule has 1 rings (SSSR count). The van der Waals surface area contributed by atoms with Crippen LogP contribution in [-0.4, -0.2) is 32.7 Å². The molecular formula is C25H35NO3S2. The third-order valence-electron chi connectivity index (χ3n) is 4.84. The summed E-state index contributed by atoms with van der Waals surface area (Å²) in [4.78, 5) is 24.7. The predicted molar refractivity (Wildman–Crippen MR) is 136 cm³/mol. The lowest BCUT2D eigenvalue weighted by molar-refractivity contribution is -0.140. The first-order valence-corrected chi connectivity index (χ1v) is 11.9. The molecule has 0 aromatic heterocycles. The summed E-state index contributed by atoms with van der Waals surface area (Å²) in [5.41, 5.74) is 5.40. The lowest BCUT2D eigenvalue weighted by atomic mass is 10.0. The summed E-state index contributed by atoms with van der Waals surface area (Å²) in [6.45, 7) is 10.3. The van der Waals surface area contributed by atoms with Crippen molar-refractivity contribution in [2.45, 2.75) is 73.1 Å². The fourth-order valence-electron chi connectivity index (χ4n) is 2.97. The summed E-state index contributed by atoms with van der Waals surface area (Å²) in [6.07, 6.45) is 16.9. The first-order valence-electron chi connectivity index (χ1n) is 10.7. The van der Waals surface area contributed by atoms with E-state index in [1.807, 2.05) is 13.0 Å². The van der Waals surface area contributed by atoms with Crippen LogP contribution in [0.5, 0.6) is 0 Å². The Kier molecular flexibility index (Phi) is 12.4. The molecule has 1 aliphatic heterocycles. The number of hydrogen-bond donors (Lipinski definition) is 1. The molecule has 1 fully saturated rings. The van der Waals surface area contributed by atoms with Crippen molar-refractivity contribution in [2.24, 2.45) is 0 Å². The van der Waals surface area contributed by atoms with Crippen LogP contribution >= 0.6 is 24.0 Å². The number of nitrogens with zero attached hydrogens (tertiary/aromatic N) is 1. The summed E-state index contributed by atoms with van der Waals surface area (Å²) in [5.74, 6) is -1.40. The minimum Gasteiger partial charge on any atom is -0.480 e. The largest absolute Gasteiger partial charge is 0.480 e. The minimum absolute atomic E-state index is 0.296. The van der Waals surface area contributed by atoms with Crippen molar-refractivity contribution in [3.63, 3.8) is 0 Å². The quantitative estimate of drug-likeness (QED) is 0.193. The van der Waals surface area contributed by atoms with Gasteiger partial charge in [0.15, 0.2) is 0 Å². The zero-order chi connectivity index (χ0) is 23.4. The molecule has 4 nitrogen and oxygen atoms in total. The summed E-state index contributed by atoms with van der Waals surface area (Å²) >= 11 is 6.25. The van der Waals surface area contributed by atoms with E-state index in [0.29, 0.717) is 9.23 Å². The first kappa shape index (κ1) is 27.1. The van der Waals surface area contributed by atoms with Crippen LogP contribution in [0.3, 0.4) is 0 Å². The predicted octanol–water partition coefficient (Wildman–Crippen LogP) is 6.96. The third-order valence-corrected chi connectivity index (χ3v) is 6.24. The van der Waals surface area contributed by atoms with E-state index in [1.165, 1.54) is 22.3 Å². The van der Waals surface area contributed by atoms with Gasteiger partial charge < -0.3 is 5.11 Å². The summed E-state index contributed by atoms with van der Waals surface area (Å²) in [6, 6.07) is 0. The van der Waals surface area contributed by atoms with Gasteiger partial charge in [0.05, 0.1) is 4.91 Å². The Morgan fingerprint density at radius 3 is 1.97 bits per heavy atom. The number of allylic oxidation sites excluding steroid dienone is 9. The Balaban J connectivity index is 2.44. The topological polar surface area (TPSA) is 57.6 Å². The number of carboxylic acids is 1. The number of carboxylic acid groups (broad SMARTS) is 1. The van der Waals surface area contributed by atoms with Gasteiger partial charge >= 0.3 is 5.97 Å². The standard InChI is InChI=1S/C25H35NO3S2/c1-18(2)9-6-10-19(3)11-7-12-20(4)13-8-14-21(5)15-16-22-24(29)26(17-23(27)28)25(30)31-22/h9,11,13,15-16H,6-8,10,12,14,17H2,1-5H3,(H,27,28). The van der Waals surface area contributed by atoms with Gasteiger partial charge in [-0.05, 0) is 79.2 Å². The number of carbonyl (C=O) groups is 2. The lowest BCUT2D eigenvalue weighted by Crippen LogP contribution is -2.33. The van der Waals surface area contributed by atoms with Gasteiger partial charge in [-0.1, -0.05) is 70.6 Å². The highest BCUT2D eigenvalue weighted by Crippen LogP contribution is 2.30. The van der Waals surface area contributed by atoms with E-state index < -0.39 is 5.97 Å². The highest BCUT2D eigenvalue weighted by molar-refractivity contribution is 8.26. The van der Waals surface area contributed by atoms with E-state index in [2.05, 4.69) is 45.9 Å². The van der Waals surface area contributed by atoms with Gasteiger partial charge in [0, 0.05) is 0 Å². The van der Waals surface area contributed by atoms with Crippen molar-refractivity contribution in [1.29, 1.82) is 0 Å². The molecule has 0 radical (unpaired) electrons. The molecule has 1 aliphatic rings. The normalized spacial score (nSPS) is 17.0. The molecule has 0 unspecified atom stereocenters. The molecule has 0 bridgehead atoms. The second kappa shape index (κ2) is 14.2. The van der Waals surface area contributed by atoms with Crippen molar-refractivity contribution < 1.29 is 14.7 Å². The molecule has 0 spiro atoms. The summed E-state index contributed by atoms with van der Waals surface area (Å²) in [5, 5.41) is 8.88. The minimum atomic E-state index is -1.07. The van der Waals surface area contributed by atoms with Crippen LogP contribution in [0, 0.1) is 0 Å². The molecule has 31 heavy (non-hydrogen) atoms. The summed E-state index contributed by atoms with van der Waals surface area (Å²) in [7, 11) is 0. The molecule has 1 amide bonds. The number of thioether (sulfide) groups is 1. The van der Waals surface area contributed by atoms with Gasteiger partial charge in [0.2, 0.25) is 0 Å². The van der Waals surface area contributed by atoms with Crippen LogP contribution in [0.1, 0.15) is 73.1 Å². The maximum absolute atomic E-state index is 12.2. The SMILES string of the molecule is CC(C)=CCCC(C)=CCCC(C)=CCCC(C)=CC=C1SC(=S)N(CC(=O)O)C1=O. The van der Waals surface area contributed by atoms with Crippen LogP contribution in [0.2, 0.25) is 0 Å². The average Bonchev–Trinajstić information content (AvgIpc) is 2.93. The van der Waals surface area contributed by atoms with Crippen molar-refractivity contribution in [3.05, 3.63) is 57.6 Å². The van der Waals surface area contributed by atoms with Crippen LogP contribution in [0.4, 0.5) is 0 Å². The Hall–Kier alpha value is -1.92. The van der Waals surface area contributed by atoms with Crippen molar-refractivity contribution in [2.75, 3.05) is 6.54 Å². The molecular weight excluding hydrogens is 426 g/mol. The van der Waals surface area contributed by atoms with E-state index in [9.17, 15) is 9.59 Å². The van der Waals surface area contributed by atoms with E-state index >= 15 is 0 Å². The van der Waals surface area contributed by atoms with Crippen LogP contribution in [0.25, 0.3) is 0 Å². The zero-order valence-electron chi connectivity index (χ0n) is 19.4. The van der Waals surface area contributed by atoms with Gasteiger partial charge in [-0.2, -0.15) is 0 Å². The second-order valence-electron chi connectivity index (χ2n) is 8.20. The molecule has 170 valence electrons. The Morgan fingerprint density at radius 1 is 0.935 bits per heavy atom. The van der Waals surface area contributed by atoms with E-state index in [0.717, 1.165) is 55.2 Å². The zero-order valence-corrected chi connectivity index (χ0v) is 21.0. The van der Waals surface area contributed by atoms with Gasteiger partial charge in [-0.15, -0.1) is 0 Å². The first-order chi connectivity index (χ1) is 14.6. The molecule has 1 N–H and O–H groups in total. The number of rotatable bonds is 12. The molecule has 6 heteroatoms. The van der Waals surface area contributed by atoms with Crippen LogP contribution in [0.15, 0.2) is 57.6 Å². The molecule has 1 heterocycles. The highest BCUT2D eigenvalue weighted by atomic mass is 32.2. The smallest absolute Gasteiger partial charge is 0.323 e. The third kappa shape index (κ3) is 11.3. The van der Waals surface area contributed by atoms with Gasteiger partial charge in [-0.25, -0.2) is 0 Å². The van der Waals surface area contributed by atoms with Crippen LogP contribution in [-0.2, 0) is 9.59 Å². The molecule has 1 saturated heterocycles. The van der Waals surface area contributed by atoms with E-state index in [4.69, 9.17) is 17.3 Å². The number of hydrogen-bond acceptors (Lipinski definition) is 4. The van der Waals surface area contributed by atoms with Gasteiger partial charge in [-0.3, -0.25) is 14.5 Å². The Labute approximate surface area is 196 Å². The van der Waals surface area contributed by atoms with Gasteiger partial charge in [0.25, 0.3) is 5.91 Å². The number of thiocarbonyl (C=S) groups is 1. The Bertz CT molecular complexity index is 828. The van der Waals surface area contributed by atoms with Crippen molar-refractivity contribution in [1.82, 2.24) is 4.90 Å². The molecule has 0 aromatic rings. The van der Waals surface area contributed by atoms with E-state index in [-0.39, 0.29) is 12.5 Å². The maximum Gasteiger partial charge on any atom is 0.323 e. The van der Waals surface area contributed by atoms with Crippen molar-refractivity contribution in [3.8, 4) is 0 Å². The molecule has 0 aromatic carbocycles. The maximum atomic E-state index is 12.2. The summed E-state index contributed by atoms with van der Waals surface area (Å²) < 4.78 is 0.296. The Morgan fingerprint density at radius 2 is 1.45 bits per heavy atom. The number of carbonyl (C=O) groups excluding carboxylic acids is 1. The molecule has 0 atom stereocenters. The van der Waals surface area contributed by atoms with Crippen molar-refractivity contribution >= 4 is 40.2 Å². The van der Waals surface area contributed by atoms with E-state index in [1.54, 1.807) is 6.08 Å². The number of amides is 1. The molecule has 0 aliphatic carbocycles. The second-order valence-corrected chi connectivity index (χ2v) is 9.87. The average molecular weight is 462 g/mol. The fourth-order valence-corrected chi connectivity index (χ4v) is 4.17. The lowest BCUT2D eigenvalue weighted by Gasteiger charge is -2.09.